The first-order valence-corrected chi connectivity index (χ1v) is 23.5. The molecule has 1 spiro atoms. The molecule has 1 fully saturated rings. The Labute approximate surface area is 351 Å². The maximum Gasteiger partial charge on any atom is 0.264 e. The number of aryl methyl sites for hydroxylation is 1. The summed E-state index contributed by atoms with van der Waals surface area (Å²) in [6.45, 7) is 7.64. The van der Waals surface area contributed by atoms with Gasteiger partial charge in [0.2, 0.25) is 0 Å². The Balaban J connectivity index is 1.12. The van der Waals surface area contributed by atoms with Gasteiger partial charge in [0.05, 0.1) is 58.8 Å². The maximum absolute atomic E-state index is 15.4. The summed E-state index contributed by atoms with van der Waals surface area (Å²) in [6.07, 6.45) is 2.18. The molecule has 0 radical (unpaired) electrons. The fourth-order valence-corrected chi connectivity index (χ4v) is 13.5. The number of benzene rings is 5. The fraction of sp³-hybridized carbons (Fsp3) is 0.292. The van der Waals surface area contributed by atoms with Gasteiger partial charge in [-0.2, -0.15) is 0 Å². The summed E-state index contributed by atoms with van der Waals surface area (Å²) < 4.78 is 20.5. The molecule has 2 aliphatic rings. The number of carbonyl (C=O) groups is 2. The van der Waals surface area contributed by atoms with Gasteiger partial charge in [0, 0.05) is 35.5 Å². The lowest BCUT2D eigenvalue weighted by molar-refractivity contribution is -0.146. The van der Waals surface area contributed by atoms with E-state index in [1.807, 2.05) is 119 Å². The normalized spacial score (nSPS) is 20.3. The number of amides is 2. The topological polar surface area (TPSA) is 128 Å². The Bertz CT molecular complexity index is 2440. The van der Waals surface area contributed by atoms with Crippen LogP contribution in [0.2, 0.25) is 18.6 Å². The molecule has 0 saturated carbocycles. The summed E-state index contributed by atoms with van der Waals surface area (Å²) >= 11 is 0. The third kappa shape index (κ3) is 7.51. The quantitative estimate of drug-likeness (QED) is 0.108. The molecule has 308 valence electrons. The largest absolute Gasteiger partial charge is 0.497 e. The monoisotopic (exact) mass is 821 g/mol. The highest BCUT2D eigenvalue weighted by molar-refractivity contribution is 6.91. The van der Waals surface area contributed by atoms with Crippen molar-refractivity contribution < 1.29 is 28.9 Å². The molecule has 1 saturated heterocycles. The minimum absolute atomic E-state index is 0.0128. The van der Waals surface area contributed by atoms with Crippen LogP contribution in [0.1, 0.15) is 52.0 Å². The van der Waals surface area contributed by atoms with E-state index in [0.29, 0.717) is 42.2 Å². The van der Waals surface area contributed by atoms with E-state index < -0.39 is 13.7 Å². The van der Waals surface area contributed by atoms with Crippen LogP contribution in [-0.2, 0) is 28.2 Å². The average molecular weight is 822 g/mol. The van der Waals surface area contributed by atoms with Gasteiger partial charge in [-0.05, 0) is 77.7 Å². The number of hydrogen-bond donors (Lipinski definition) is 2. The van der Waals surface area contributed by atoms with Crippen LogP contribution >= 0.6 is 0 Å². The lowest BCUT2D eigenvalue weighted by Crippen LogP contribution is -2.51. The third-order valence-electron chi connectivity index (χ3n) is 12.6. The number of hydrogen-bond acceptors (Lipinski definition) is 8. The number of anilines is 2. The van der Waals surface area contributed by atoms with E-state index in [-0.39, 0.29) is 41.9 Å². The number of aliphatic hydroxyl groups excluding tert-OH is 1. The van der Waals surface area contributed by atoms with Crippen LogP contribution < -0.4 is 24.9 Å². The van der Waals surface area contributed by atoms with E-state index in [1.165, 1.54) is 5.19 Å². The highest BCUT2D eigenvalue weighted by Crippen LogP contribution is 2.60. The molecule has 2 aliphatic heterocycles. The Morgan fingerprint density at radius 1 is 0.900 bits per heavy atom. The lowest BCUT2D eigenvalue weighted by atomic mass is 9.82. The zero-order chi connectivity index (χ0) is 42.0. The summed E-state index contributed by atoms with van der Waals surface area (Å²) in [6, 6.07) is 40.7. The molecule has 1 aromatic heterocycles. The molecule has 8 rings (SSSR count). The van der Waals surface area contributed by atoms with Crippen molar-refractivity contribution in [2.75, 3.05) is 31.0 Å². The first-order valence-electron chi connectivity index (χ1n) is 20.4. The van der Waals surface area contributed by atoms with Crippen molar-refractivity contribution in [3.05, 3.63) is 162 Å². The number of carbonyl (C=O) groups excluding carboxylic acids is 2. The number of rotatable bonds is 14. The fourth-order valence-electron chi connectivity index (χ4n) is 9.41. The van der Waals surface area contributed by atoms with E-state index in [2.05, 4.69) is 47.8 Å². The predicted octanol–water partition coefficient (Wildman–Crippen LogP) is 7.52. The molecule has 0 bridgehead atoms. The summed E-state index contributed by atoms with van der Waals surface area (Å²) in [4.78, 5) is 30.1. The van der Waals surface area contributed by atoms with Gasteiger partial charge in [-0.25, -0.2) is 0 Å². The van der Waals surface area contributed by atoms with Gasteiger partial charge in [0.1, 0.15) is 11.5 Å². The average Bonchev–Trinajstić information content (AvgIpc) is 3.94. The van der Waals surface area contributed by atoms with E-state index >= 15 is 4.79 Å². The Morgan fingerprint density at radius 3 is 2.23 bits per heavy atom. The smallest absolute Gasteiger partial charge is 0.264 e. The van der Waals surface area contributed by atoms with Gasteiger partial charge >= 0.3 is 0 Å². The van der Waals surface area contributed by atoms with Crippen molar-refractivity contribution in [1.82, 2.24) is 15.0 Å². The second-order valence-electron chi connectivity index (χ2n) is 16.3. The van der Waals surface area contributed by atoms with Crippen LogP contribution in [0.25, 0.3) is 0 Å². The molecular weight excluding hydrogens is 771 g/mol. The van der Waals surface area contributed by atoms with Crippen molar-refractivity contribution in [3.63, 3.8) is 0 Å². The van der Waals surface area contributed by atoms with Crippen molar-refractivity contribution >= 4 is 36.4 Å². The molecule has 1 unspecified atom stereocenters. The summed E-state index contributed by atoms with van der Waals surface area (Å²) in [7, 11) is 0.895. The lowest BCUT2D eigenvalue weighted by Gasteiger charge is -2.37. The molecule has 6 aromatic rings. The minimum Gasteiger partial charge on any atom is -0.497 e. The van der Waals surface area contributed by atoms with Gasteiger partial charge in [-0.1, -0.05) is 103 Å². The number of aliphatic hydroxyl groups is 1. The molecular formula is C48H51N5O6Si. The highest BCUT2D eigenvalue weighted by Gasteiger charge is 2.66. The second kappa shape index (κ2) is 16.9. The van der Waals surface area contributed by atoms with Crippen LogP contribution in [-0.4, -0.2) is 66.9 Å². The van der Waals surface area contributed by atoms with Crippen LogP contribution in [0.4, 0.5) is 11.4 Å². The maximum atomic E-state index is 15.4. The molecule has 5 atom stereocenters. The van der Waals surface area contributed by atoms with Crippen molar-refractivity contribution in [1.29, 1.82) is 0 Å². The van der Waals surface area contributed by atoms with E-state index in [1.54, 1.807) is 26.4 Å². The molecule has 0 aliphatic carbocycles. The summed E-state index contributed by atoms with van der Waals surface area (Å²) in [5, 5.41) is 23.5. The summed E-state index contributed by atoms with van der Waals surface area (Å²) in [5.74, 6) is 0.636. The zero-order valence-corrected chi connectivity index (χ0v) is 35.6. The van der Waals surface area contributed by atoms with Gasteiger partial charge in [0.25, 0.3) is 11.8 Å². The number of nitrogens with one attached hydrogen (secondary N) is 1. The van der Waals surface area contributed by atoms with Gasteiger partial charge in [-0.3, -0.25) is 14.3 Å². The van der Waals surface area contributed by atoms with E-state index in [9.17, 15) is 9.90 Å². The van der Waals surface area contributed by atoms with Crippen molar-refractivity contribution in [2.24, 2.45) is 5.92 Å². The number of nitrogens with zero attached hydrogens (tertiary/aromatic N) is 4. The second-order valence-corrected chi connectivity index (χ2v) is 21.0. The van der Waals surface area contributed by atoms with Crippen LogP contribution in [0, 0.1) is 5.92 Å². The number of methoxy groups -OCH3 is 2. The molecule has 2 N–H and O–H groups in total. The van der Waals surface area contributed by atoms with Gasteiger partial charge < -0.3 is 29.5 Å². The summed E-state index contributed by atoms with van der Waals surface area (Å²) in [5.41, 5.74) is 4.14. The molecule has 12 heteroatoms. The SMILES string of the molecule is COc1ccc([Si](C)(C)[C@@H]2[C@@H](CCn3cc(C(CO)c4ccccc4)nn3)O[C@]3(C(=O)N(Cc4ccc(NC(=O)c5ccccc5)cc4)c4ccc(OC)cc43)[C@H]2C)cc1. The zero-order valence-electron chi connectivity index (χ0n) is 34.6. The van der Waals surface area contributed by atoms with Crippen molar-refractivity contribution in [3.8, 4) is 11.5 Å². The standard InChI is InChI=1S/C48H51N5O6Si/c1-32-45(60(4,5)39-23-20-37(57-2)21-24-39)44(26-27-52-30-42(50-51-52)40(31-54)34-12-8-6-9-13-34)59-48(32)41-28-38(58-3)22-25-43(41)53(47(48)56)29-33-16-18-36(19-17-33)49-46(55)35-14-10-7-11-15-35/h6-25,28,30,32,40,44-45,54H,26-27,29,31H2,1-5H3,(H,49,55)/t32-,40?,44+,45-,48+/m0/s1. The predicted molar refractivity (Wildman–Crippen MR) is 235 cm³/mol. The molecule has 2 amide bonds. The molecule has 60 heavy (non-hydrogen) atoms. The van der Waals surface area contributed by atoms with E-state index in [4.69, 9.17) is 14.2 Å². The van der Waals surface area contributed by atoms with Crippen molar-refractivity contribution in [2.45, 2.75) is 62.7 Å². The molecule has 11 nitrogen and oxygen atoms in total. The Morgan fingerprint density at radius 2 is 1.57 bits per heavy atom. The molecule has 3 heterocycles. The first kappa shape index (κ1) is 40.7. The van der Waals surface area contributed by atoms with Crippen LogP contribution in [0.5, 0.6) is 11.5 Å². The Kier molecular flexibility index (Phi) is 11.4. The van der Waals surface area contributed by atoms with Gasteiger partial charge in [-0.15, -0.1) is 5.10 Å². The number of aromatic nitrogens is 3. The van der Waals surface area contributed by atoms with Crippen LogP contribution in [0.15, 0.2) is 134 Å². The molecule has 5 aromatic carbocycles. The van der Waals surface area contributed by atoms with Gasteiger partial charge in [0.15, 0.2) is 5.60 Å². The minimum atomic E-state index is -2.41. The third-order valence-corrected chi connectivity index (χ3v) is 16.9. The van der Waals surface area contributed by atoms with Crippen LogP contribution in [0.3, 0.4) is 0 Å². The number of fused-ring (bicyclic) bond motifs is 2. The first-order chi connectivity index (χ1) is 29.1. The Hall–Kier alpha value is -6.08. The highest BCUT2D eigenvalue weighted by atomic mass is 28.3. The van der Waals surface area contributed by atoms with E-state index in [0.717, 1.165) is 28.1 Å². The number of ether oxygens (including phenoxy) is 3.